The van der Waals surface area contributed by atoms with Crippen LogP contribution in [-0.4, -0.2) is 19.2 Å². The van der Waals surface area contributed by atoms with Crippen LogP contribution in [0.4, 0.5) is 0 Å². The second-order valence-corrected chi connectivity index (χ2v) is 3.62. The first-order valence-electron chi connectivity index (χ1n) is 4.45. The molecule has 0 aromatic heterocycles. The minimum Gasteiger partial charge on any atom is -0.394 e. The van der Waals surface area contributed by atoms with E-state index in [0.29, 0.717) is 13.2 Å². The maximum Gasteiger partial charge on any atom is 0.399 e. The third-order valence-electron chi connectivity index (χ3n) is 1.00. The van der Waals surface area contributed by atoms with Crippen molar-refractivity contribution >= 4 is 14.6 Å². The third kappa shape index (κ3) is 8.16. The highest BCUT2D eigenvalue weighted by molar-refractivity contribution is 7.42. The topological polar surface area (TPSA) is 44.8 Å². The van der Waals surface area contributed by atoms with Crippen LogP contribution in [0.15, 0.2) is 0 Å². The zero-order valence-corrected chi connectivity index (χ0v) is 9.30. The van der Waals surface area contributed by atoms with Crippen molar-refractivity contribution in [2.75, 3.05) is 13.2 Å². The average molecular weight is 208 g/mol. The molecule has 0 unspecified atom stereocenters. The fraction of sp³-hybridized carbons (Fsp3) is 0.875. The summed E-state index contributed by atoms with van der Waals surface area (Å²) in [4.78, 5) is 10.6. The molecule has 0 aliphatic rings. The first-order valence-corrected chi connectivity index (χ1v) is 5.54. The number of carbonyl (C=O) groups is 1. The number of hydrogen-bond donors (Lipinski definition) is 0. The van der Waals surface area contributed by atoms with Gasteiger partial charge in [-0.1, -0.05) is 13.8 Å². The van der Waals surface area contributed by atoms with E-state index in [0.717, 1.165) is 12.8 Å². The Kier molecular flexibility index (Phi) is 8.30. The van der Waals surface area contributed by atoms with E-state index in [1.165, 1.54) is 6.92 Å². The predicted molar refractivity (Wildman–Crippen MR) is 51.2 cm³/mol. The van der Waals surface area contributed by atoms with Gasteiger partial charge in [0.1, 0.15) is 0 Å². The zero-order valence-electron chi connectivity index (χ0n) is 8.41. The smallest absolute Gasteiger partial charge is 0.394 e. The quantitative estimate of drug-likeness (QED) is 0.603. The molecule has 4 nitrogen and oxygen atoms in total. The minimum atomic E-state index is -1.46. The first-order chi connectivity index (χ1) is 6.20. The van der Waals surface area contributed by atoms with Gasteiger partial charge in [0.15, 0.2) is 0 Å². The number of hydrogen-bond acceptors (Lipinski definition) is 4. The van der Waals surface area contributed by atoms with Gasteiger partial charge >= 0.3 is 14.6 Å². The second kappa shape index (κ2) is 8.42. The van der Waals surface area contributed by atoms with Crippen LogP contribution in [0.5, 0.6) is 0 Å². The van der Waals surface area contributed by atoms with Crippen molar-refractivity contribution in [1.29, 1.82) is 0 Å². The Hall–Kier alpha value is -0.180. The lowest BCUT2D eigenvalue weighted by Gasteiger charge is -2.13. The molecule has 0 aromatic carbocycles. The zero-order chi connectivity index (χ0) is 10.1. The molecule has 0 bridgehead atoms. The molecule has 5 heteroatoms. The highest BCUT2D eigenvalue weighted by atomic mass is 31.2. The van der Waals surface area contributed by atoms with E-state index in [1.54, 1.807) is 0 Å². The lowest BCUT2D eigenvalue weighted by molar-refractivity contribution is -0.132. The maximum absolute atomic E-state index is 10.6. The molecule has 13 heavy (non-hydrogen) atoms. The summed E-state index contributed by atoms with van der Waals surface area (Å²) in [6, 6.07) is 0. The summed E-state index contributed by atoms with van der Waals surface area (Å²) in [5.74, 6) is -0.363. The van der Waals surface area contributed by atoms with Gasteiger partial charge in [-0.15, -0.1) is 0 Å². The van der Waals surface area contributed by atoms with Gasteiger partial charge in [-0.25, -0.2) is 0 Å². The van der Waals surface area contributed by atoms with E-state index < -0.39 is 8.60 Å². The number of rotatable bonds is 7. The van der Waals surface area contributed by atoms with E-state index in [4.69, 9.17) is 13.6 Å². The van der Waals surface area contributed by atoms with Crippen LogP contribution in [0.3, 0.4) is 0 Å². The SMILES string of the molecule is CCCOP(OCCC)OC(C)=O. The molecule has 0 saturated heterocycles. The maximum atomic E-state index is 10.6. The van der Waals surface area contributed by atoms with Gasteiger partial charge in [-0.3, -0.25) is 4.79 Å². The highest BCUT2D eigenvalue weighted by Crippen LogP contribution is 2.39. The van der Waals surface area contributed by atoms with E-state index in [1.807, 2.05) is 13.8 Å². The van der Waals surface area contributed by atoms with Gasteiger partial charge in [-0.05, 0) is 12.8 Å². The summed E-state index contributed by atoms with van der Waals surface area (Å²) in [6.45, 7) is 6.44. The molecule has 0 fully saturated rings. The lowest BCUT2D eigenvalue weighted by Crippen LogP contribution is -2.01. The Labute approximate surface area is 80.6 Å². The van der Waals surface area contributed by atoms with E-state index >= 15 is 0 Å². The molecule has 0 spiro atoms. The molecule has 0 aliphatic heterocycles. The summed E-state index contributed by atoms with van der Waals surface area (Å²) >= 11 is 0. The Morgan fingerprint density at radius 3 is 1.92 bits per heavy atom. The second-order valence-electron chi connectivity index (χ2n) is 2.47. The average Bonchev–Trinajstić information content (AvgIpc) is 2.09. The van der Waals surface area contributed by atoms with Crippen molar-refractivity contribution in [1.82, 2.24) is 0 Å². The fourth-order valence-electron chi connectivity index (χ4n) is 0.527. The summed E-state index contributed by atoms with van der Waals surface area (Å²) < 4.78 is 15.2. The molecule has 0 rings (SSSR count). The largest absolute Gasteiger partial charge is 0.399 e. The molecule has 0 N–H and O–H groups in total. The van der Waals surface area contributed by atoms with Crippen molar-refractivity contribution in [2.45, 2.75) is 33.6 Å². The summed E-state index contributed by atoms with van der Waals surface area (Å²) in [6.07, 6.45) is 1.77. The molecule has 0 saturated carbocycles. The van der Waals surface area contributed by atoms with E-state index in [-0.39, 0.29) is 5.97 Å². The van der Waals surface area contributed by atoms with Crippen molar-refractivity contribution < 1.29 is 18.4 Å². The summed E-state index contributed by atoms with van der Waals surface area (Å²) in [7, 11) is -1.46. The van der Waals surface area contributed by atoms with Crippen LogP contribution in [0.1, 0.15) is 33.6 Å². The molecule has 78 valence electrons. The van der Waals surface area contributed by atoms with Gasteiger partial charge < -0.3 is 13.6 Å². The lowest BCUT2D eigenvalue weighted by atomic mass is 10.5. The van der Waals surface area contributed by atoms with Gasteiger partial charge in [0.25, 0.3) is 0 Å². The minimum absolute atomic E-state index is 0.363. The number of carbonyl (C=O) groups excluding carboxylic acids is 1. The predicted octanol–water partition coefficient (Wildman–Crippen LogP) is 2.63. The Morgan fingerprint density at radius 2 is 1.62 bits per heavy atom. The van der Waals surface area contributed by atoms with Gasteiger partial charge in [0.05, 0.1) is 13.2 Å². The van der Waals surface area contributed by atoms with Gasteiger partial charge in [0.2, 0.25) is 0 Å². The molecule has 0 amide bonds. The van der Waals surface area contributed by atoms with Crippen molar-refractivity contribution in [3.8, 4) is 0 Å². The van der Waals surface area contributed by atoms with Crippen LogP contribution >= 0.6 is 8.60 Å². The molecule has 0 radical (unpaired) electrons. The Balaban J connectivity index is 3.66. The summed E-state index contributed by atoms with van der Waals surface area (Å²) in [5.41, 5.74) is 0. The standard InChI is InChI=1S/C8H17O4P/c1-4-6-10-13(11-7-5-2)12-8(3)9/h4-7H2,1-3H3. The van der Waals surface area contributed by atoms with Crippen LogP contribution < -0.4 is 0 Å². The van der Waals surface area contributed by atoms with Crippen LogP contribution in [-0.2, 0) is 18.4 Å². The van der Waals surface area contributed by atoms with Crippen LogP contribution in [0, 0.1) is 0 Å². The highest BCUT2D eigenvalue weighted by Gasteiger charge is 2.14. The Morgan fingerprint density at radius 1 is 1.15 bits per heavy atom. The van der Waals surface area contributed by atoms with Gasteiger partial charge in [-0.2, -0.15) is 0 Å². The first kappa shape index (κ1) is 12.8. The molecule has 0 aromatic rings. The third-order valence-corrected chi connectivity index (χ3v) is 2.20. The normalized spacial score (nSPS) is 10.5. The Bertz CT molecular complexity index is 132. The van der Waals surface area contributed by atoms with E-state index in [9.17, 15) is 4.79 Å². The van der Waals surface area contributed by atoms with E-state index in [2.05, 4.69) is 0 Å². The van der Waals surface area contributed by atoms with Crippen molar-refractivity contribution in [3.05, 3.63) is 0 Å². The molecule has 0 heterocycles. The van der Waals surface area contributed by atoms with Gasteiger partial charge in [0, 0.05) is 6.92 Å². The summed E-state index contributed by atoms with van der Waals surface area (Å²) in [5, 5.41) is 0. The van der Waals surface area contributed by atoms with Crippen LogP contribution in [0.2, 0.25) is 0 Å². The molecular weight excluding hydrogens is 191 g/mol. The molecule has 0 atom stereocenters. The van der Waals surface area contributed by atoms with Crippen LogP contribution in [0.25, 0.3) is 0 Å². The molecular formula is C8H17O4P. The fourth-order valence-corrected chi connectivity index (χ4v) is 1.58. The molecule has 0 aliphatic carbocycles. The van der Waals surface area contributed by atoms with Crippen molar-refractivity contribution in [3.63, 3.8) is 0 Å². The van der Waals surface area contributed by atoms with Crippen molar-refractivity contribution in [2.24, 2.45) is 0 Å². The monoisotopic (exact) mass is 208 g/mol.